The predicted molar refractivity (Wildman–Crippen MR) is 88.5 cm³/mol. The number of rotatable bonds is 10. The molecule has 3 nitrogen and oxygen atoms in total. The van der Waals surface area contributed by atoms with E-state index in [2.05, 4.69) is 6.92 Å². The molecule has 21 heavy (non-hydrogen) atoms. The molecule has 0 bridgehead atoms. The summed E-state index contributed by atoms with van der Waals surface area (Å²) in [5, 5.41) is 0. The van der Waals surface area contributed by atoms with Gasteiger partial charge in [-0.1, -0.05) is 63.5 Å². The lowest BCUT2D eigenvalue weighted by molar-refractivity contribution is 0.0499. The van der Waals surface area contributed by atoms with Crippen LogP contribution in [0.4, 0.5) is 5.69 Å². The second-order valence-corrected chi connectivity index (χ2v) is 5.70. The Kier molecular flexibility index (Phi) is 8.56. The van der Waals surface area contributed by atoms with Crippen molar-refractivity contribution in [1.29, 1.82) is 0 Å². The van der Waals surface area contributed by atoms with Crippen molar-refractivity contribution in [3.63, 3.8) is 0 Å². The summed E-state index contributed by atoms with van der Waals surface area (Å²) in [5.74, 6) is -0.306. The molecule has 0 saturated heterocycles. The Labute approximate surface area is 128 Å². The van der Waals surface area contributed by atoms with Gasteiger partial charge in [0, 0.05) is 5.69 Å². The van der Waals surface area contributed by atoms with E-state index in [4.69, 9.17) is 10.5 Å². The first-order valence-corrected chi connectivity index (χ1v) is 8.18. The van der Waals surface area contributed by atoms with E-state index >= 15 is 0 Å². The SMILES string of the molecule is CCCCCCCCCCOC(=O)c1cc(C)ccc1N. The maximum Gasteiger partial charge on any atom is 0.340 e. The number of nitrogen functional groups attached to an aromatic ring is 1. The molecule has 0 atom stereocenters. The topological polar surface area (TPSA) is 52.3 Å². The van der Waals surface area contributed by atoms with E-state index < -0.39 is 0 Å². The minimum Gasteiger partial charge on any atom is -0.462 e. The molecule has 0 aliphatic rings. The molecule has 1 rings (SSSR count). The maximum absolute atomic E-state index is 11.9. The van der Waals surface area contributed by atoms with Gasteiger partial charge < -0.3 is 10.5 Å². The van der Waals surface area contributed by atoms with Crippen molar-refractivity contribution in [1.82, 2.24) is 0 Å². The van der Waals surface area contributed by atoms with Crippen molar-refractivity contribution in [2.45, 2.75) is 65.2 Å². The van der Waals surface area contributed by atoms with Crippen molar-refractivity contribution >= 4 is 11.7 Å². The summed E-state index contributed by atoms with van der Waals surface area (Å²) in [6.07, 6.45) is 9.89. The van der Waals surface area contributed by atoms with Gasteiger partial charge in [0.15, 0.2) is 0 Å². The average molecular weight is 291 g/mol. The number of ether oxygens (including phenoxy) is 1. The second kappa shape index (κ2) is 10.3. The number of esters is 1. The minimum atomic E-state index is -0.306. The van der Waals surface area contributed by atoms with Crippen LogP contribution in [0.1, 0.15) is 74.2 Å². The molecule has 0 heterocycles. The fourth-order valence-electron chi connectivity index (χ4n) is 2.33. The smallest absolute Gasteiger partial charge is 0.340 e. The Morgan fingerprint density at radius 2 is 1.67 bits per heavy atom. The fraction of sp³-hybridized carbons (Fsp3) is 0.611. The van der Waals surface area contributed by atoms with Crippen LogP contribution in [-0.4, -0.2) is 12.6 Å². The standard InChI is InChI=1S/C18H29NO2/c1-3-4-5-6-7-8-9-10-13-21-18(20)16-14-15(2)11-12-17(16)19/h11-12,14H,3-10,13,19H2,1-2H3. The minimum absolute atomic E-state index is 0.306. The number of carbonyl (C=O) groups excluding carboxylic acids is 1. The van der Waals surface area contributed by atoms with Gasteiger partial charge in [-0.25, -0.2) is 4.79 Å². The highest BCUT2D eigenvalue weighted by molar-refractivity contribution is 5.95. The Morgan fingerprint density at radius 1 is 1.05 bits per heavy atom. The van der Waals surface area contributed by atoms with Crippen LogP contribution in [0, 0.1) is 6.92 Å². The average Bonchev–Trinajstić information content (AvgIpc) is 2.48. The molecule has 0 saturated carbocycles. The zero-order valence-electron chi connectivity index (χ0n) is 13.5. The Balaban J connectivity index is 2.12. The molecule has 0 fully saturated rings. The molecule has 3 heteroatoms. The quantitative estimate of drug-likeness (QED) is 0.380. The van der Waals surface area contributed by atoms with Crippen LogP contribution in [0.25, 0.3) is 0 Å². The summed E-state index contributed by atoms with van der Waals surface area (Å²) in [6.45, 7) is 4.66. The van der Waals surface area contributed by atoms with Gasteiger partial charge in [0.25, 0.3) is 0 Å². The number of hydrogen-bond acceptors (Lipinski definition) is 3. The normalized spacial score (nSPS) is 10.6. The zero-order valence-corrected chi connectivity index (χ0v) is 13.5. The largest absolute Gasteiger partial charge is 0.462 e. The molecule has 118 valence electrons. The number of hydrogen-bond donors (Lipinski definition) is 1. The van der Waals surface area contributed by atoms with Gasteiger partial charge >= 0.3 is 5.97 Å². The zero-order chi connectivity index (χ0) is 15.5. The van der Waals surface area contributed by atoms with Gasteiger partial charge in [-0.3, -0.25) is 0 Å². The molecular weight excluding hydrogens is 262 g/mol. The van der Waals surface area contributed by atoms with Gasteiger partial charge in [-0.05, 0) is 25.5 Å². The van der Waals surface area contributed by atoms with Crippen LogP contribution in [0.15, 0.2) is 18.2 Å². The highest BCUT2D eigenvalue weighted by atomic mass is 16.5. The van der Waals surface area contributed by atoms with Crippen molar-refractivity contribution in [3.05, 3.63) is 29.3 Å². The molecule has 0 amide bonds. The highest BCUT2D eigenvalue weighted by Crippen LogP contribution is 2.15. The Morgan fingerprint density at radius 3 is 2.33 bits per heavy atom. The summed E-state index contributed by atoms with van der Waals surface area (Å²) in [4.78, 5) is 11.9. The number of unbranched alkanes of at least 4 members (excludes halogenated alkanes) is 7. The second-order valence-electron chi connectivity index (χ2n) is 5.70. The predicted octanol–water partition coefficient (Wildman–Crippen LogP) is 4.87. The third-order valence-corrected chi connectivity index (χ3v) is 3.66. The Bertz CT molecular complexity index is 429. The van der Waals surface area contributed by atoms with Gasteiger partial charge in [-0.15, -0.1) is 0 Å². The van der Waals surface area contributed by atoms with E-state index in [-0.39, 0.29) is 5.97 Å². The van der Waals surface area contributed by atoms with Crippen LogP contribution >= 0.6 is 0 Å². The number of aryl methyl sites for hydroxylation is 1. The first kappa shape index (κ1) is 17.5. The van der Waals surface area contributed by atoms with Crippen LogP contribution in [0.2, 0.25) is 0 Å². The van der Waals surface area contributed by atoms with Gasteiger partial charge in [0.2, 0.25) is 0 Å². The van der Waals surface area contributed by atoms with Gasteiger partial charge in [0.05, 0.1) is 12.2 Å². The van der Waals surface area contributed by atoms with Crippen molar-refractivity contribution < 1.29 is 9.53 Å². The molecule has 0 aliphatic heterocycles. The summed E-state index contributed by atoms with van der Waals surface area (Å²) < 4.78 is 5.29. The maximum atomic E-state index is 11.9. The van der Waals surface area contributed by atoms with Crippen LogP contribution in [0.5, 0.6) is 0 Å². The third-order valence-electron chi connectivity index (χ3n) is 3.66. The third kappa shape index (κ3) is 7.16. The summed E-state index contributed by atoms with van der Waals surface area (Å²) in [7, 11) is 0. The van der Waals surface area contributed by atoms with Crippen LogP contribution in [-0.2, 0) is 4.74 Å². The number of benzene rings is 1. The molecular formula is C18H29NO2. The molecule has 0 aliphatic carbocycles. The van der Waals surface area contributed by atoms with Crippen molar-refractivity contribution in [2.24, 2.45) is 0 Å². The van der Waals surface area contributed by atoms with E-state index in [9.17, 15) is 4.79 Å². The number of anilines is 1. The van der Waals surface area contributed by atoms with Crippen molar-refractivity contribution in [3.8, 4) is 0 Å². The van der Waals surface area contributed by atoms with Crippen LogP contribution in [0.3, 0.4) is 0 Å². The van der Waals surface area contributed by atoms with E-state index in [1.54, 1.807) is 12.1 Å². The summed E-state index contributed by atoms with van der Waals surface area (Å²) in [6, 6.07) is 5.43. The highest BCUT2D eigenvalue weighted by Gasteiger charge is 2.10. The number of carbonyl (C=O) groups is 1. The molecule has 0 aromatic heterocycles. The molecule has 1 aromatic rings. The van der Waals surface area contributed by atoms with Gasteiger partial charge in [-0.2, -0.15) is 0 Å². The van der Waals surface area contributed by atoms with Crippen LogP contribution < -0.4 is 5.73 Å². The lowest BCUT2D eigenvalue weighted by Crippen LogP contribution is -2.09. The summed E-state index contributed by atoms with van der Waals surface area (Å²) in [5.41, 5.74) is 7.78. The molecule has 0 radical (unpaired) electrons. The van der Waals surface area contributed by atoms with E-state index in [0.717, 1.165) is 18.4 Å². The first-order valence-electron chi connectivity index (χ1n) is 8.18. The Hall–Kier alpha value is -1.51. The van der Waals surface area contributed by atoms with E-state index in [1.165, 1.54) is 38.5 Å². The first-order chi connectivity index (χ1) is 10.1. The van der Waals surface area contributed by atoms with E-state index in [1.807, 2.05) is 13.0 Å². The monoisotopic (exact) mass is 291 g/mol. The fourth-order valence-corrected chi connectivity index (χ4v) is 2.33. The van der Waals surface area contributed by atoms with Crippen molar-refractivity contribution in [2.75, 3.05) is 12.3 Å². The molecule has 0 unspecified atom stereocenters. The molecule has 2 N–H and O–H groups in total. The lowest BCUT2D eigenvalue weighted by Gasteiger charge is -2.08. The molecule has 1 aromatic carbocycles. The van der Waals surface area contributed by atoms with E-state index in [0.29, 0.717) is 17.9 Å². The van der Waals surface area contributed by atoms with Gasteiger partial charge in [0.1, 0.15) is 0 Å². The lowest BCUT2D eigenvalue weighted by atomic mass is 10.1. The summed E-state index contributed by atoms with van der Waals surface area (Å²) >= 11 is 0. The molecule has 0 spiro atoms. The number of nitrogens with two attached hydrogens (primary N) is 1.